The van der Waals surface area contributed by atoms with Gasteiger partial charge in [-0.25, -0.2) is 4.79 Å². The number of methoxy groups -OCH3 is 3. The van der Waals surface area contributed by atoms with E-state index in [9.17, 15) is 9.59 Å². The summed E-state index contributed by atoms with van der Waals surface area (Å²) in [5.41, 5.74) is 5.54. The molecule has 1 aromatic carbocycles. The molecule has 0 unspecified atom stereocenters. The number of benzene rings is 1. The molecule has 3 N–H and O–H groups in total. The SMILES string of the molecule is COC(=O)/C=C(\Nc1ccc(OC)cc1OC)C(N)=O. The summed E-state index contributed by atoms with van der Waals surface area (Å²) < 4.78 is 14.7. The largest absolute Gasteiger partial charge is 0.497 e. The Morgan fingerprint density at radius 2 is 1.90 bits per heavy atom. The van der Waals surface area contributed by atoms with Gasteiger partial charge >= 0.3 is 5.97 Å². The number of carbonyl (C=O) groups excluding carboxylic acids is 2. The molecule has 0 aliphatic rings. The average molecular weight is 280 g/mol. The first kappa shape index (κ1) is 15.4. The van der Waals surface area contributed by atoms with Gasteiger partial charge in [0.1, 0.15) is 17.2 Å². The van der Waals surface area contributed by atoms with E-state index in [1.165, 1.54) is 21.3 Å². The normalized spacial score (nSPS) is 10.7. The third-order valence-corrected chi connectivity index (χ3v) is 2.41. The van der Waals surface area contributed by atoms with Gasteiger partial charge in [-0.1, -0.05) is 0 Å². The number of esters is 1. The molecule has 108 valence electrons. The van der Waals surface area contributed by atoms with Crippen LogP contribution in [0.4, 0.5) is 5.69 Å². The molecule has 0 aliphatic carbocycles. The van der Waals surface area contributed by atoms with Gasteiger partial charge in [-0.2, -0.15) is 0 Å². The van der Waals surface area contributed by atoms with Crippen LogP contribution in [0.5, 0.6) is 11.5 Å². The minimum Gasteiger partial charge on any atom is -0.497 e. The smallest absolute Gasteiger partial charge is 0.332 e. The molecule has 7 nitrogen and oxygen atoms in total. The zero-order valence-electron chi connectivity index (χ0n) is 11.4. The van der Waals surface area contributed by atoms with Gasteiger partial charge in [0.15, 0.2) is 0 Å². The van der Waals surface area contributed by atoms with E-state index in [0.717, 1.165) is 6.08 Å². The monoisotopic (exact) mass is 280 g/mol. The third kappa shape index (κ3) is 3.91. The minimum atomic E-state index is -0.798. The molecule has 0 bridgehead atoms. The van der Waals surface area contributed by atoms with E-state index in [4.69, 9.17) is 15.2 Å². The molecule has 1 amide bonds. The number of hydrogen-bond acceptors (Lipinski definition) is 6. The van der Waals surface area contributed by atoms with Crippen molar-refractivity contribution in [2.45, 2.75) is 0 Å². The summed E-state index contributed by atoms with van der Waals surface area (Å²) >= 11 is 0. The maximum Gasteiger partial charge on any atom is 0.332 e. The minimum absolute atomic E-state index is 0.111. The molecule has 0 saturated carbocycles. The lowest BCUT2D eigenvalue weighted by atomic mass is 10.2. The predicted octanol–water partition coefficient (Wildman–Crippen LogP) is 0.658. The maximum absolute atomic E-state index is 11.3. The fraction of sp³-hybridized carbons (Fsp3) is 0.231. The molecule has 0 radical (unpaired) electrons. The molecule has 0 fully saturated rings. The number of carbonyl (C=O) groups is 2. The first-order chi connectivity index (χ1) is 9.51. The van der Waals surface area contributed by atoms with Crippen LogP contribution in [-0.2, 0) is 14.3 Å². The van der Waals surface area contributed by atoms with Crippen molar-refractivity contribution in [2.24, 2.45) is 5.73 Å². The molecule has 20 heavy (non-hydrogen) atoms. The molecule has 1 rings (SSSR count). The second-order valence-corrected chi connectivity index (χ2v) is 3.64. The zero-order chi connectivity index (χ0) is 15.1. The van der Waals surface area contributed by atoms with Crippen LogP contribution < -0.4 is 20.5 Å². The van der Waals surface area contributed by atoms with E-state index in [2.05, 4.69) is 10.1 Å². The molecule has 0 saturated heterocycles. The summed E-state index contributed by atoms with van der Waals surface area (Å²) in [5.74, 6) is -0.474. The van der Waals surface area contributed by atoms with Gasteiger partial charge in [-0.15, -0.1) is 0 Å². The van der Waals surface area contributed by atoms with E-state index in [1.54, 1.807) is 18.2 Å². The van der Waals surface area contributed by atoms with Crippen molar-refractivity contribution >= 4 is 17.6 Å². The van der Waals surface area contributed by atoms with Crippen LogP contribution in [0.3, 0.4) is 0 Å². The van der Waals surface area contributed by atoms with Crippen LogP contribution in [0.2, 0.25) is 0 Å². The lowest BCUT2D eigenvalue weighted by molar-refractivity contribution is -0.135. The first-order valence-electron chi connectivity index (χ1n) is 5.60. The molecule has 0 atom stereocenters. The van der Waals surface area contributed by atoms with Crippen molar-refractivity contribution in [3.8, 4) is 11.5 Å². The van der Waals surface area contributed by atoms with Crippen molar-refractivity contribution in [2.75, 3.05) is 26.6 Å². The zero-order valence-corrected chi connectivity index (χ0v) is 11.4. The Bertz CT molecular complexity index is 540. The van der Waals surface area contributed by atoms with E-state index >= 15 is 0 Å². The van der Waals surface area contributed by atoms with E-state index in [-0.39, 0.29) is 5.70 Å². The van der Waals surface area contributed by atoms with Crippen LogP contribution in [0.15, 0.2) is 30.0 Å². The first-order valence-corrected chi connectivity index (χ1v) is 5.60. The lowest BCUT2D eigenvalue weighted by Crippen LogP contribution is -2.21. The summed E-state index contributed by atoms with van der Waals surface area (Å²) in [6.45, 7) is 0. The summed E-state index contributed by atoms with van der Waals surface area (Å²) in [5, 5.41) is 2.72. The Hall–Kier alpha value is -2.70. The Labute approximate surface area is 116 Å². The third-order valence-electron chi connectivity index (χ3n) is 2.41. The second-order valence-electron chi connectivity index (χ2n) is 3.64. The van der Waals surface area contributed by atoms with Gasteiger partial charge in [0.25, 0.3) is 5.91 Å². The Kier molecular flexibility index (Phi) is 5.40. The number of anilines is 1. The Morgan fingerprint density at radius 3 is 2.40 bits per heavy atom. The standard InChI is InChI=1S/C13H16N2O5/c1-18-8-4-5-9(11(6-8)19-2)15-10(13(14)17)7-12(16)20-3/h4-7,15H,1-3H3,(H2,14,17)/b10-7-. The molecule has 0 aromatic heterocycles. The number of primary amides is 1. The molecule has 7 heteroatoms. The van der Waals surface area contributed by atoms with E-state index in [0.29, 0.717) is 17.2 Å². The summed E-state index contributed by atoms with van der Waals surface area (Å²) in [6, 6.07) is 4.92. The molecule has 0 heterocycles. The highest BCUT2D eigenvalue weighted by Crippen LogP contribution is 2.29. The van der Waals surface area contributed by atoms with Crippen LogP contribution in [0.1, 0.15) is 0 Å². The molecule has 0 aliphatic heterocycles. The number of amides is 1. The Balaban J connectivity index is 3.08. The van der Waals surface area contributed by atoms with Crippen LogP contribution in [0.25, 0.3) is 0 Å². The molecular weight excluding hydrogens is 264 g/mol. The van der Waals surface area contributed by atoms with Gasteiger partial charge in [-0.3, -0.25) is 4.79 Å². The van der Waals surface area contributed by atoms with Gasteiger partial charge in [0.2, 0.25) is 0 Å². The van der Waals surface area contributed by atoms with Crippen molar-refractivity contribution < 1.29 is 23.8 Å². The van der Waals surface area contributed by atoms with Gasteiger partial charge < -0.3 is 25.3 Å². The molecule has 1 aromatic rings. The fourth-order valence-corrected chi connectivity index (χ4v) is 1.39. The lowest BCUT2D eigenvalue weighted by Gasteiger charge is -2.13. The van der Waals surface area contributed by atoms with Crippen LogP contribution in [0, 0.1) is 0 Å². The van der Waals surface area contributed by atoms with E-state index in [1.807, 2.05) is 0 Å². The highest BCUT2D eigenvalue weighted by Gasteiger charge is 2.12. The van der Waals surface area contributed by atoms with Gasteiger partial charge in [0, 0.05) is 6.07 Å². The van der Waals surface area contributed by atoms with Crippen LogP contribution >= 0.6 is 0 Å². The summed E-state index contributed by atoms with van der Waals surface area (Å²) in [6.07, 6.45) is 0.964. The quantitative estimate of drug-likeness (QED) is 0.586. The second kappa shape index (κ2) is 7.03. The van der Waals surface area contributed by atoms with Crippen molar-refractivity contribution in [3.63, 3.8) is 0 Å². The average Bonchev–Trinajstić information content (AvgIpc) is 2.46. The molecular formula is C13H16N2O5. The summed E-state index contributed by atoms with van der Waals surface area (Å²) in [7, 11) is 4.19. The predicted molar refractivity (Wildman–Crippen MR) is 72.5 cm³/mol. The van der Waals surface area contributed by atoms with Gasteiger partial charge in [0.05, 0.1) is 33.1 Å². The van der Waals surface area contributed by atoms with Crippen molar-refractivity contribution in [1.29, 1.82) is 0 Å². The van der Waals surface area contributed by atoms with Crippen molar-refractivity contribution in [1.82, 2.24) is 0 Å². The highest BCUT2D eigenvalue weighted by molar-refractivity contribution is 6.01. The number of nitrogens with one attached hydrogen (secondary N) is 1. The number of hydrogen-bond donors (Lipinski definition) is 2. The Morgan fingerprint density at radius 1 is 1.20 bits per heavy atom. The van der Waals surface area contributed by atoms with Crippen LogP contribution in [-0.4, -0.2) is 33.2 Å². The molecule has 0 spiro atoms. The van der Waals surface area contributed by atoms with Crippen molar-refractivity contribution in [3.05, 3.63) is 30.0 Å². The summed E-state index contributed by atoms with van der Waals surface area (Å²) in [4.78, 5) is 22.5. The topological polar surface area (TPSA) is 99.9 Å². The van der Waals surface area contributed by atoms with E-state index < -0.39 is 11.9 Å². The van der Waals surface area contributed by atoms with Gasteiger partial charge in [-0.05, 0) is 12.1 Å². The maximum atomic E-state index is 11.3. The highest BCUT2D eigenvalue weighted by atomic mass is 16.5. The number of rotatable bonds is 6. The number of nitrogens with two attached hydrogens (primary N) is 1. The fourth-order valence-electron chi connectivity index (χ4n) is 1.39. The number of ether oxygens (including phenoxy) is 3.